The van der Waals surface area contributed by atoms with Gasteiger partial charge in [0.15, 0.2) is 0 Å². The Morgan fingerprint density at radius 3 is 2.15 bits per heavy atom. The maximum atomic E-state index is 12.6. The highest BCUT2D eigenvalue weighted by Gasteiger charge is 2.20. The fourth-order valence-corrected chi connectivity index (χ4v) is 3.06. The van der Waals surface area contributed by atoms with Crippen LogP contribution in [0.3, 0.4) is 0 Å². The van der Waals surface area contributed by atoms with Crippen LogP contribution in [0.25, 0.3) is 0 Å². The van der Waals surface area contributed by atoms with E-state index in [1.165, 1.54) is 12.8 Å². The molecule has 2 rings (SSSR count). The van der Waals surface area contributed by atoms with Crippen LogP contribution in [0.2, 0.25) is 0 Å². The van der Waals surface area contributed by atoms with Crippen molar-refractivity contribution in [2.75, 3.05) is 0 Å². The van der Waals surface area contributed by atoms with Crippen molar-refractivity contribution in [1.82, 2.24) is 10.6 Å². The van der Waals surface area contributed by atoms with E-state index >= 15 is 0 Å². The normalized spacial score (nSPS) is 12.8. The lowest BCUT2D eigenvalue weighted by molar-refractivity contribution is -0.122. The fourth-order valence-electron chi connectivity index (χ4n) is 3.06. The number of unbranched alkanes of at least 4 members (excludes halogenated alkanes) is 2. The van der Waals surface area contributed by atoms with E-state index in [1.54, 1.807) is 12.1 Å². The van der Waals surface area contributed by atoms with Gasteiger partial charge in [0.2, 0.25) is 5.91 Å². The second-order valence-electron chi connectivity index (χ2n) is 6.97. The van der Waals surface area contributed by atoms with Crippen molar-refractivity contribution in [3.63, 3.8) is 0 Å². The first-order valence-corrected chi connectivity index (χ1v) is 9.80. The minimum atomic E-state index is -0.359. The lowest BCUT2D eigenvalue weighted by Gasteiger charge is -2.21. The molecule has 2 atom stereocenters. The third kappa shape index (κ3) is 7.26. The van der Waals surface area contributed by atoms with Crippen LogP contribution in [-0.2, 0) is 4.79 Å². The molecule has 0 bridgehead atoms. The number of rotatable bonds is 10. The maximum Gasteiger partial charge on any atom is 0.251 e. The average molecular weight is 367 g/mol. The topological polar surface area (TPSA) is 58.2 Å². The third-order valence-corrected chi connectivity index (χ3v) is 4.58. The molecule has 0 spiro atoms. The van der Waals surface area contributed by atoms with Gasteiger partial charge in [-0.3, -0.25) is 9.59 Å². The fraction of sp³-hybridized carbons (Fsp3) is 0.391. The van der Waals surface area contributed by atoms with Crippen LogP contribution >= 0.6 is 0 Å². The molecule has 0 unspecified atom stereocenters. The molecule has 0 saturated carbocycles. The van der Waals surface area contributed by atoms with Crippen LogP contribution in [0.15, 0.2) is 60.7 Å². The van der Waals surface area contributed by atoms with Crippen molar-refractivity contribution in [3.05, 3.63) is 71.8 Å². The van der Waals surface area contributed by atoms with E-state index in [1.807, 2.05) is 55.5 Å². The predicted octanol–water partition coefficient (Wildman–Crippen LogP) is 4.63. The van der Waals surface area contributed by atoms with Crippen LogP contribution in [0.1, 0.15) is 67.9 Å². The zero-order valence-corrected chi connectivity index (χ0v) is 16.3. The molecule has 0 aliphatic heterocycles. The van der Waals surface area contributed by atoms with Gasteiger partial charge in [0.05, 0.1) is 12.5 Å². The molecule has 0 heterocycles. The average Bonchev–Trinajstić information content (AvgIpc) is 2.69. The zero-order valence-electron chi connectivity index (χ0n) is 16.3. The molecule has 27 heavy (non-hydrogen) atoms. The Morgan fingerprint density at radius 2 is 1.52 bits per heavy atom. The zero-order chi connectivity index (χ0) is 19.5. The van der Waals surface area contributed by atoms with Gasteiger partial charge in [-0.2, -0.15) is 0 Å². The summed E-state index contributed by atoms with van der Waals surface area (Å²) < 4.78 is 0. The van der Waals surface area contributed by atoms with E-state index in [0.717, 1.165) is 18.4 Å². The van der Waals surface area contributed by atoms with Gasteiger partial charge >= 0.3 is 0 Å². The highest BCUT2D eigenvalue weighted by atomic mass is 16.2. The first-order valence-electron chi connectivity index (χ1n) is 9.80. The van der Waals surface area contributed by atoms with E-state index in [4.69, 9.17) is 0 Å². The van der Waals surface area contributed by atoms with Gasteiger partial charge in [-0.1, -0.05) is 74.7 Å². The van der Waals surface area contributed by atoms with Crippen LogP contribution < -0.4 is 10.6 Å². The van der Waals surface area contributed by atoms with Crippen LogP contribution in [0, 0.1) is 0 Å². The highest BCUT2D eigenvalue weighted by Crippen LogP contribution is 2.18. The Morgan fingerprint density at radius 1 is 0.889 bits per heavy atom. The monoisotopic (exact) mass is 366 g/mol. The molecular weight excluding hydrogens is 336 g/mol. The summed E-state index contributed by atoms with van der Waals surface area (Å²) in [5, 5.41) is 6.07. The molecule has 2 N–H and O–H groups in total. The van der Waals surface area contributed by atoms with Crippen LogP contribution in [0.4, 0.5) is 0 Å². The summed E-state index contributed by atoms with van der Waals surface area (Å²) in [4.78, 5) is 25.1. The number of hydrogen-bond donors (Lipinski definition) is 2. The molecule has 4 heteroatoms. The molecule has 0 aliphatic rings. The van der Waals surface area contributed by atoms with Crippen molar-refractivity contribution in [2.45, 2.75) is 58.0 Å². The summed E-state index contributed by atoms with van der Waals surface area (Å²) in [7, 11) is 0. The number of amides is 2. The first kappa shape index (κ1) is 20.7. The third-order valence-electron chi connectivity index (χ3n) is 4.58. The molecule has 4 nitrogen and oxygen atoms in total. The molecule has 2 aromatic carbocycles. The second kappa shape index (κ2) is 11.2. The van der Waals surface area contributed by atoms with Crippen molar-refractivity contribution >= 4 is 11.8 Å². The van der Waals surface area contributed by atoms with Gasteiger partial charge in [-0.05, 0) is 31.0 Å². The van der Waals surface area contributed by atoms with E-state index in [2.05, 4.69) is 17.6 Å². The van der Waals surface area contributed by atoms with Gasteiger partial charge in [0, 0.05) is 11.6 Å². The summed E-state index contributed by atoms with van der Waals surface area (Å²) in [6.07, 6.45) is 4.67. The van der Waals surface area contributed by atoms with Crippen LogP contribution in [0.5, 0.6) is 0 Å². The lowest BCUT2D eigenvalue weighted by Crippen LogP contribution is -2.37. The molecule has 2 amide bonds. The largest absolute Gasteiger partial charge is 0.354 e. The molecule has 0 saturated heterocycles. The highest BCUT2D eigenvalue weighted by molar-refractivity contribution is 5.94. The predicted molar refractivity (Wildman–Crippen MR) is 109 cm³/mol. The summed E-state index contributed by atoms with van der Waals surface area (Å²) >= 11 is 0. The number of hydrogen-bond acceptors (Lipinski definition) is 2. The van der Waals surface area contributed by atoms with Gasteiger partial charge in [-0.25, -0.2) is 0 Å². The summed E-state index contributed by atoms with van der Waals surface area (Å²) in [6, 6.07) is 18.5. The summed E-state index contributed by atoms with van der Waals surface area (Å²) in [5.74, 6) is -0.213. The van der Waals surface area contributed by atoms with E-state index in [9.17, 15) is 9.59 Å². The van der Waals surface area contributed by atoms with Crippen molar-refractivity contribution in [2.24, 2.45) is 0 Å². The van der Waals surface area contributed by atoms with Gasteiger partial charge in [0.25, 0.3) is 5.91 Å². The van der Waals surface area contributed by atoms with E-state index in [0.29, 0.717) is 5.56 Å². The Hall–Kier alpha value is -2.62. The van der Waals surface area contributed by atoms with Gasteiger partial charge in [0.1, 0.15) is 0 Å². The van der Waals surface area contributed by atoms with E-state index in [-0.39, 0.29) is 30.3 Å². The number of benzene rings is 2. The molecule has 2 aromatic rings. The standard InChI is InChI=1S/C23H30N2O2/c1-3-4-7-12-18(2)24-22(26)17-21(19-13-8-5-9-14-19)25-23(27)20-15-10-6-11-16-20/h5-6,8-11,13-16,18,21H,3-4,7,12,17H2,1-2H3,(H,24,26)(H,25,27)/t18-,21+/m1/s1. The SMILES string of the molecule is CCCCC[C@@H](C)NC(=O)C[C@H](NC(=O)c1ccccc1)c1ccccc1. The molecule has 0 aromatic heterocycles. The minimum absolute atomic E-state index is 0.0405. The van der Waals surface area contributed by atoms with Gasteiger partial charge < -0.3 is 10.6 Å². The Labute approximate surface area is 162 Å². The summed E-state index contributed by atoms with van der Waals surface area (Å²) in [5.41, 5.74) is 1.52. The Balaban J connectivity index is 2.00. The second-order valence-corrected chi connectivity index (χ2v) is 6.97. The Bertz CT molecular complexity index is 701. The molecule has 0 radical (unpaired) electrons. The quantitative estimate of drug-likeness (QED) is 0.602. The number of carbonyl (C=O) groups is 2. The summed E-state index contributed by atoms with van der Waals surface area (Å²) in [6.45, 7) is 4.21. The molecular formula is C23H30N2O2. The van der Waals surface area contributed by atoms with E-state index < -0.39 is 0 Å². The smallest absolute Gasteiger partial charge is 0.251 e. The van der Waals surface area contributed by atoms with Gasteiger partial charge in [-0.15, -0.1) is 0 Å². The maximum absolute atomic E-state index is 12.6. The van der Waals surface area contributed by atoms with Crippen LogP contribution in [-0.4, -0.2) is 17.9 Å². The van der Waals surface area contributed by atoms with Crippen molar-refractivity contribution in [1.29, 1.82) is 0 Å². The number of nitrogens with one attached hydrogen (secondary N) is 2. The molecule has 0 aliphatic carbocycles. The lowest BCUT2D eigenvalue weighted by atomic mass is 10.0. The molecule has 0 fully saturated rings. The minimum Gasteiger partial charge on any atom is -0.354 e. The van der Waals surface area contributed by atoms with Crippen molar-refractivity contribution in [3.8, 4) is 0 Å². The Kier molecular flexibility index (Phi) is 8.56. The number of carbonyl (C=O) groups excluding carboxylic acids is 2. The first-order chi connectivity index (χ1) is 13.1. The molecule has 144 valence electrons. The van der Waals surface area contributed by atoms with Crippen molar-refractivity contribution < 1.29 is 9.59 Å².